The van der Waals surface area contributed by atoms with Gasteiger partial charge in [-0.25, -0.2) is 4.39 Å². The zero-order chi connectivity index (χ0) is 20.8. The quantitative estimate of drug-likeness (QED) is 0.309. The maximum atomic E-state index is 12.9. The van der Waals surface area contributed by atoms with Gasteiger partial charge in [0.05, 0.1) is 10.2 Å². The molecule has 0 saturated heterocycles. The molecule has 2 aromatic carbocycles. The topological polar surface area (TPSA) is 110 Å². The Morgan fingerprint density at radius 2 is 1.97 bits per heavy atom. The standard InChI is InChI=1S/C18H16FN5O3S2/c1-11(16(25)21-14-4-2-3-5-15(14)24(26)27)28-18-23-22-17(29-18)20-10-12-6-8-13(19)9-7-12/h2-9,11H,10H2,1H3,(H,20,22)(H,21,25). The van der Waals surface area contributed by atoms with Crippen molar-refractivity contribution in [2.75, 3.05) is 10.6 Å². The lowest BCUT2D eigenvalue weighted by Gasteiger charge is -2.10. The first-order valence-corrected chi connectivity index (χ1v) is 10.1. The third-order valence-electron chi connectivity index (χ3n) is 3.77. The number of nitrogens with one attached hydrogen (secondary N) is 2. The Balaban J connectivity index is 1.55. The van der Waals surface area contributed by atoms with Crippen LogP contribution in [-0.2, 0) is 11.3 Å². The zero-order valence-electron chi connectivity index (χ0n) is 15.2. The number of carbonyl (C=O) groups is 1. The number of nitro groups is 1. The molecule has 1 heterocycles. The molecule has 29 heavy (non-hydrogen) atoms. The molecule has 150 valence electrons. The fourth-order valence-electron chi connectivity index (χ4n) is 2.29. The van der Waals surface area contributed by atoms with Crippen molar-refractivity contribution in [3.63, 3.8) is 0 Å². The SMILES string of the molecule is CC(Sc1nnc(NCc2ccc(F)cc2)s1)C(=O)Nc1ccccc1[N+](=O)[O-]. The maximum Gasteiger partial charge on any atom is 0.292 e. The number of hydrogen-bond donors (Lipinski definition) is 2. The molecule has 3 rings (SSSR count). The molecular weight excluding hydrogens is 417 g/mol. The lowest BCUT2D eigenvalue weighted by atomic mass is 10.2. The second kappa shape index (κ2) is 9.43. The number of carbonyl (C=O) groups excluding carboxylic acids is 1. The van der Waals surface area contributed by atoms with Crippen LogP contribution in [0.2, 0.25) is 0 Å². The summed E-state index contributed by atoms with van der Waals surface area (Å²) in [5, 5.41) is 24.8. The molecule has 0 bridgehead atoms. The van der Waals surface area contributed by atoms with Gasteiger partial charge in [-0.1, -0.05) is 47.4 Å². The summed E-state index contributed by atoms with van der Waals surface area (Å²) in [5.74, 6) is -0.670. The van der Waals surface area contributed by atoms with E-state index in [1.807, 2.05) is 0 Å². The van der Waals surface area contributed by atoms with Crippen molar-refractivity contribution in [1.29, 1.82) is 0 Å². The van der Waals surface area contributed by atoms with Crippen LogP contribution in [0.1, 0.15) is 12.5 Å². The van der Waals surface area contributed by atoms with Gasteiger partial charge in [-0.2, -0.15) is 0 Å². The fourth-order valence-corrected chi connectivity index (χ4v) is 4.18. The van der Waals surface area contributed by atoms with E-state index < -0.39 is 10.2 Å². The Hall–Kier alpha value is -3.05. The lowest BCUT2D eigenvalue weighted by Crippen LogP contribution is -2.22. The molecule has 0 spiro atoms. The maximum absolute atomic E-state index is 12.9. The number of rotatable bonds is 8. The molecule has 1 aromatic heterocycles. The van der Waals surface area contributed by atoms with Gasteiger partial charge in [-0.3, -0.25) is 14.9 Å². The highest BCUT2D eigenvalue weighted by Crippen LogP contribution is 2.30. The third-order valence-corrected chi connectivity index (χ3v) is 5.83. The molecule has 0 aliphatic carbocycles. The summed E-state index contributed by atoms with van der Waals surface area (Å²) in [5.41, 5.74) is 0.878. The Labute approximate surface area is 173 Å². The highest BCUT2D eigenvalue weighted by atomic mass is 32.2. The van der Waals surface area contributed by atoms with E-state index in [1.165, 1.54) is 53.4 Å². The number of aromatic nitrogens is 2. The van der Waals surface area contributed by atoms with E-state index in [9.17, 15) is 19.3 Å². The number of halogens is 1. The summed E-state index contributed by atoms with van der Waals surface area (Å²) >= 11 is 2.49. The van der Waals surface area contributed by atoms with E-state index in [2.05, 4.69) is 20.8 Å². The van der Waals surface area contributed by atoms with Gasteiger partial charge in [0.1, 0.15) is 11.5 Å². The molecule has 1 unspecified atom stereocenters. The van der Waals surface area contributed by atoms with Crippen molar-refractivity contribution < 1.29 is 14.1 Å². The van der Waals surface area contributed by atoms with Crippen LogP contribution in [0.4, 0.5) is 20.9 Å². The van der Waals surface area contributed by atoms with Gasteiger partial charge >= 0.3 is 0 Å². The van der Waals surface area contributed by atoms with Crippen molar-refractivity contribution >= 4 is 45.5 Å². The zero-order valence-corrected chi connectivity index (χ0v) is 16.8. The number of nitrogens with zero attached hydrogens (tertiary/aromatic N) is 3. The van der Waals surface area contributed by atoms with Crippen LogP contribution in [0.25, 0.3) is 0 Å². The highest BCUT2D eigenvalue weighted by molar-refractivity contribution is 8.02. The first-order valence-electron chi connectivity index (χ1n) is 8.45. The number of para-hydroxylation sites is 2. The first kappa shape index (κ1) is 20.7. The largest absolute Gasteiger partial charge is 0.356 e. The molecule has 0 saturated carbocycles. The van der Waals surface area contributed by atoms with E-state index in [-0.39, 0.29) is 23.1 Å². The second-order valence-corrected chi connectivity index (χ2v) is 8.44. The molecule has 3 aromatic rings. The van der Waals surface area contributed by atoms with Gasteiger partial charge < -0.3 is 10.6 Å². The van der Waals surface area contributed by atoms with Gasteiger partial charge in [0.15, 0.2) is 4.34 Å². The summed E-state index contributed by atoms with van der Waals surface area (Å²) in [7, 11) is 0. The predicted octanol–water partition coefficient (Wildman–Crippen LogP) is 4.32. The molecule has 1 atom stereocenters. The van der Waals surface area contributed by atoms with E-state index >= 15 is 0 Å². The van der Waals surface area contributed by atoms with Gasteiger partial charge in [0, 0.05) is 12.6 Å². The molecule has 0 fully saturated rings. The minimum atomic E-state index is -0.544. The van der Waals surface area contributed by atoms with Crippen molar-refractivity contribution in [1.82, 2.24) is 10.2 Å². The van der Waals surface area contributed by atoms with Gasteiger partial charge in [-0.15, -0.1) is 10.2 Å². The Bertz CT molecular complexity index is 1010. The minimum absolute atomic E-state index is 0.147. The van der Waals surface area contributed by atoms with Crippen LogP contribution in [0, 0.1) is 15.9 Å². The van der Waals surface area contributed by atoms with Crippen LogP contribution in [0.5, 0.6) is 0 Å². The summed E-state index contributed by atoms with van der Waals surface area (Å²) < 4.78 is 13.5. The smallest absolute Gasteiger partial charge is 0.292 e. The van der Waals surface area contributed by atoms with Crippen LogP contribution >= 0.6 is 23.1 Å². The van der Waals surface area contributed by atoms with Crippen molar-refractivity contribution in [2.24, 2.45) is 0 Å². The molecule has 0 aliphatic rings. The number of benzene rings is 2. The number of anilines is 2. The van der Waals surface area contributed by atoms with E-state index in [4.69, 9.17) is 0 Å². The molecule has 0 radical (unpaired) electrons. The van der Waals surface area contributed by atoms with Crippen molar-refractivity contribution in [3.8, 4) is 0 Å². The second-order valence-electron chi connectivity index (χ2n) is 5.88. The molecule has 2 N–H and O–H groups in total. The van der Waals surface area contributed by atoms with E-state index in [0.29, 0.717) is 16.0 Å². The molecule has 1 amide bonds. The summed E-state index contributed by atoms with van der Waals surface area (Å²) in [6.45, 7) is 2.15. The fraction of sp³-hybridized carbons (Fsp3) is 0.167. The Kier molecular flexibility index (Phi) is 6.73. The summed E-state index contributed by atoms with van der Waals surface area (Å²) in [4.78, 5) is 22.9. The Morgan fingerprint density at radius 3 is 2.69 bits per heavy atom. The van der Waals surface area contributed by atoms with Crippen LogP contribution in [0.3, 0.4) is 0 Å². The van der Waals surface area contributed by atoms with Crippen molar-refractivity contribution in [2.45, 2.75) is 23.1 Å². The number of hydrogen-bond acceptors (Lipinski definition) is 8. The molecular formula is C18H16FN5O3S2. The number of nitro benzene ring substituents is 1. The normalized spacial score (nSPS) is 11.7. The number of thioether (sulfide) groups is 1. The molecule has 11 heteroatoms. The Morgan fingerprint density at radius 1 is 1.24 bits per heavy atom. The van der Waals surface area contributed by atoms with Gasteiger partial charge in [-0.05, 0) is 30.7 Å². The van der Waals surface area contributed by atoms with E-state index in [1.54, 1.807) is 25.1 Å². The minimum Gasteiger partial charge on any atom is -0.356 e. The number of amides is 1. The first-order chi connectivity index (χ1) is 13.9. The average Bonchev–Trinajstić information content (AvgIpc) is 3.15. The summed E-state index contributed by atoms with van der Waals surface area (Å²) in [6.07, 6.45) is 0. The summed E-state index contributed by atoms with van der Waals surface area (Å²) in [6, 6.07) is 12.1. The van der Waals surface area contributed by atoms with Crippen LogP contribution in [-0.4, -0.2) is 26.3 Å². The van der Waals surface area contributed by atoms with Gasteiger partial charge in [0.2, 0.25) is 11.0 Å². The molecule has 0 aliphatic heterocycles. The van der Waals surface area contributed by atoms with Crippen LogP contribution < -0.4 is 10.6 Å². The van der Waals surface area contributed by atoms with Gasteiger partial charge in [0.25, 0.3) is 5.69 Å². The predicted molar refractivity (Wildman–Crippen MR) is 111 cm³/mol. The monoisotopic (exact) mass is 433 g/mol. The lowest BCUT2D eigenvalue weighted by molar-refractivity contribution is -0.383. The average molecular weight is 433 g/mol. The third kappa shape index (κ3) is 5.72. The molecule has 8 nitrogen and oxygen atoms in total. The van der Waals surface area contributed by atoms with Crippen molar-refractivity contribution in [3.05, 3.63) is 70.0 Å². The highest BCUT2D eigenvalue weighted by Gasteiger charge is 2.21. The van der Waals surface area contributed by atoms with E-state index in [0.717, 1.165) is 5.56 Å². The van der Waals surface area contributed by atoms with Crippen LogP contribution in [0.15, 0.2) is 52.9 Å².